The van der Waals surface area contributed by atoms with E-state index in [4.69, 9.17) is 0 Å². The van der Waals surface area contributed by atoms with Crippen molar-refractivity contribution >= 4 is 11.9 Å². The third-order valence-corrected chi connectivity index (χ3v) is 4.76. The second-order valence-corrected chi connectivity index (χ2v) is 6.19. The molecule has 1 saturated carbocycles. The molecule has 3 rings (SSSR count). The van der Waals surface area contributed by atoms with Crippen molar-refractivity contribution in [3.05, 3.63) is 35.6 Å². The van der Waals surface area contributed by atoms with Crippen LogP contribution in [0.3, 0.4) is 0 Å². The molecule has 1 N–H and O–H groups in total. The lowest BCUT2D eigenvalue weighted by atomic mass is 9.76. The first-order valence-electron chi connectivity index (χ1n) is 7.39. The average Bonchev–Trinajstić information content (AvgIpc) is 2.68. The number of urea groups is 1. The van der Waals surface area contributed by atoms with E-state index in [1.54, 1.807) is 17.0 Å². The summed E-state index contributed by atoms with van der Waals surface area (Å²) in [5.74, 6) is 0.107. The van der Waals surface area contributed by atoms with Crippen LogP contribution in [0.5, 0.6) is 0 Å². The summed E-state index contributed by atoms with van der Waals surface area (Å²) in [6.07, 6.45) is 3.29. The molecule has 112 valence electrons. The first kappa shape index (κ1) is 14.0. The number of hydrogen-bond acceptors (Lipinski definition) is 2. The van der Waals surface area contributed by atoms with Crippen LogP contribution in [0.25, 0.3) is 0 Å². The first-order chi connectivity index (χ1) is 10.0. The minimum Gasteiger partial charge on any atom is -0.305 e. The Kier molecular flexibility index (Phi) is 3.43. The van der Waals surface area contributed by atoms with Crippen LogP contribution in [0.4, 0.5) is 9.18 Å². The summed E-state index contributed by atoms with van der Waals surface area (Å²) in [6.45, 7) is 2.51. The van der Waals surface area contributed by atoms with Gasteiger partial charge in [0.1, 0.15) is 11.4 Å². The van der Waals surface area contributed by atoms with Crippen molar-refractivity contribution in [3.63, 3.8) is 0 Å². The molecule has 1 aromatic rings. The summed E-state index contributed by atoms with van der Waals surface area (Å²) >= 11 is 0. The van der Waals surface area contributed by atoms with Gasteiger partial charge in [0.2, 0.25) is 0 Å². The zero-order chi connectivity index (χ0) is 15.0. The summed E-state index contributed by atoms with van der Waals surface area (Å²) < 4.78 is 13.0. The maximum absolute atomic E-state index is 13.0. The van der Waals surface area contributed by atoms with Crippen molar-refractivity contribution in [2.75, 3.05) is 0 Å². The summed E-state index contributed by atoms with van der Waals surface area (Å²) in [5.41, 5.74) is 0.122. The molecule has 2 fully saturated rings. The van der Waals surface area contributed by atoms with Crippen LogP contribution >= 0.6 is 0 Å². The fraction of sp³-hybridized carbons (Fsp3) is 0.500. The molecule has 5 heteroatoms. The molecule has 1 aliphatic heterocycles. The number of carbonyl (C=O) groups excluding carboxylic acids is 2. The normalized spacial score (nSPS) is 29.0. The average molecular weight is 290 g/mol. The summed E-state index contributed by atoms with van der Waals surface area (Å²) in [7, 11) is 0. The van der Waals surface area contributed by atoms with Gasteiger partial charge in [-0.2, -0.15) is 0 Å². The highest BCUT2D eigenvalue weighted by atomic mass is 19.1. The van der Waals surface area contributed by atoms with Gasteiger partial charge in [-0.3, -0.25) is 10.1 Å². The third-order valence-electron chi connectivity index (χ3n) is 4.76. The van der Waals surface area contributed by atoms with Crippen LogP contribution in [-0.4, -0.2) is 22.4 Å². The smallest absolute Gasteiger partial charge is 0.305 e. The van der Waals surface area contributed by atoms with Crippen LogP contribution < -0.4 is 5.32 Å². The number of imide groups is 1. The van der Waals surface area contributed by atoms with E-state index < -0.39 is 5.54 Å². The summed E-state index contributed by atoms with van der Waals surface area (Å²) in [4.78, 5) is 26.1. The van der Waals surface area contributed by atoms with Crippen LogP contribution in [-0.2, 0) is 11.3 Å². The lowest BCUT2D eigenvalue weighted by Gasteiger charge is -2.40. The summed E-state index contributed by atoms with van der Waals surface area (Å²) in [5, 5.41) is 2.45. The van der Waals surface area contributed by atoms with Crippen molar-refractivity contribution < 1.29 is 14.0 Å². The van der Waals surface area contributed by atoms with E-state index in [-0.39, 0.29) is 17.8 Å². The van der Waals surface area contributed by atoms with Crippen molar-refractivity contribution in [1.82, 2.24) is 10.2 Å². The first-order valence-corrected chi connectivity index (χ1v) is 7.39. The van der Waals surface area contributed by atoms with E-state index in [1.807, 2.05) is 0 Å². The van der Waals surface area contributed by atoms with E-state index in [0.717, 1.165) is 18.4 Å². The highest BCUT2D eigenvalue weighted by Gasteiger charge is 2.53. The Labute approximate surface area is 123 Å². The number of hydrogen-bond donors (Lipinski definition) is 1. The second-order valence-electron chi connectivity index (χ2n) is 6.19. The summed E-state index contributed by atoms with van der Waals surface area (Å²) in [6, 6.07) is 5.73. The quantitative estimate of drug-likeness (QED) is 0.851. The predicted octanol–water partition coefficient (Wildman–Crippen LogP) is 2.83. The maximum atomic E-state index is 13.0. The van der Waals surface area contributed by atoms with E-state index in [0.29, 0.717) is 25.3 Å². The van der Waals surface area contributed by atoms with Crippen molar-refractivity contribution in [2.24, 2.45) is 5.92 Å². The predicted molar refractivity (Wildman–Crippen MR) is 75.8 cm³/mol. The van der Waals surface area contributed by atoms with Gasteiger partial charge < -0.3 is 4.90 Å². The Morgan fingerprint density at radius 3 is 2.48 bits per heavy atom. The molecule has 1 saturated heterocycles. The van der Waals surface area contributed by atoms with Crippen molar-refractivity contribution in [1.29, 1.82) is 0 Å². The number of benzene rings is 1. The van der Waals surface area contributed by atoms with Crippen LogP contribution in [0.1, 0.15) is 38.2 Å². The fourth-order valence-electron chi connectivity index (χ4n) is 3.33. The molecule has 1 heterocycles. The van der Waals surface area contributed by atoms with Gasteiger partial charge in [0.25, 0.3) is 5.91 Å². The van der Waals surface area contributed by atoms with Crippen LogP contribution in [0.15, 0.2) is 24.3 Å². The Morgan fingerprint density at radius 1 is 1.24 bits per heavy atom. The minimum atomic E-state index is -0.710. The Balaban J connectivity index is 1.85. The fourth-order valence-corrected chi connectivity index (χ4v) is 3.33. The molecular weight excluding hydrogens is 271 g/mol. The van der Waals surface area contributed by atoms with E-state index in [1.165, 1.54) is 12.1 Å². The molecule has 1 aliphatic carbocycles. The Morgan fingerprint density at radius 2 is 1.86 bits per heavy atom. The standard InChI is InChI=1S/C16H19FN2O2/c1-11-6-8-16(9-7-11)14(20)18-15(21)19(16)10-12-2-4-13(17)5-3-12/h2-5,11H,6-10H2,1H3,(H,18,20,21). The van der Waals surface area contributed by atoms with Gasteiger partial charge in [-0.1, -0.05) is 19.1 Å². The molecule has 2 aliphatic rings. The zero-order valence-electron chi connectivity index (χ0n) is 12.1. The van der Waals surface area contributed by atoms with E-state index >= 15 is 0 Å². The molecule has 0 unspecified atom stereocenters. The molecule has 0 atom stereocenters. The highest BCUT2D eigenvalue weighted by molar-refractivity contribution is 6.07. The number of halogens is 1. The van der Waals surface area contributed by atoms with Crippen molar-refractivity contribution in [3.8, 4) is 0 Å². The largest absolute Gasteiger partial charge is 0.325 e. The molecule has 1 aromatic carbocycles. The molecule has 0 aromatic heterocycles. The maximum Gasteiger partial charge on any atom is 0.325 e. The van der Waals surface area contributed by atoms with Gasteiger partial charge in [-0.05, 0) is 49.3 Å². The highest BCUT2D eigenvalue weighted by Crippen LogP contribution is 2.40. The second kappa shape index (κ2) is 5.13. The molecule has 0 bridgehead atoms. The lowest BCUT2D eigenvalue weighted by molar-refractivity contribution is -0.128. The van der Waals surface area contributed by atoms with Gasteiger partial charge in [-0.25, -0.2) is 9.18 Å². The van der Waals surface area contributed by atoms with Crippen molar-refractivity contribution in [2.45, 2.75) is 44.7 Å². The topological polar surface area (TPSA) is 49.4 Å². The van der Waals surface area contributed by atoms with Gasteiger partial charge in [0.15, 0.2) is 0 Å². The SMILES string of the molecule is CC1CCC2(CC1)C(=O)NC(=O)N2Cc1ccc(F)cc1. The Bertz CT molecular complexity index is 562. The molecule has 21 heavy (non-hydrogen) atoms. The van der Waals surface area contributed by atoms with Crippen LogP contribution in [0, 0.1) is 11.7 Å². The van der Waals surface area contributed by atoms with Gasteiger partial charge in [-0.15, -0.1) is 0 Å². The third kappa shape index (κ3) is 2.41. The van der Waals surface area contributed by atoms with Gasteiger partial charge >= 0.3 is 6.03 Å². The lowest BCUT2D eigenvalue weighted by Crippen LogP contribution is -2.51. The number of rotatable bonds is 2. The van der Waals surface area contributed by atoms with Crippen LogP contribution in [0.2, 0.25) is 0 Å². The van der Waals surface area contributed by atoms with Gasteiger partial charge in [0.05, 0.1) is 0 Å². The Hall–Kier alpha value is -1.91. The molecule has 1 spiro atoms. The van der Waals surface area contributed by atoms with E-state index in [2.05, 4.69) is 12.2 Å². The monoisotopic (exact) mass is 290 g/mol. The number of carbonyl (C=O) groups is 2. The number of amides is 3. The molecule has 3 amide bonds. The molecule has 4 nitrogen and oxygen atoms in total. The van der Waals surface area contributed by atoms with E-state index in [9.17, 15) is 14.0 Å². The molecular formula is C16H19FN2O2. The number of nitrogens with one attached hydrogen (secondary N) is 1. The molecule has 0 radical (unpaired) electrons. The van der Waals surface area contributed by atoms with Gasteiger partial charge in [0, 0.05) is 6.54 Å². The number of nitrogens with zero attached hydrogens (tertiary/aromatic N) is 1. The zero-order valence-corrected chi connectivity index (χ0v) is 12.1. The minimum absolute atomic E-state index is 0.179.